The quantitative estimate of drug-likeness (QED) is 0.907. The Morgan fingerprint density at radius 2 is 2.09 bits per heavy atom. The smallest absolute Gasteiger partial charge is 0.354 e. The molecule has 0 bridgehead atoms. The summed E-state index contributed by atoms with van der Waals surface area (Å²) in [4.78, 5) is 19.6. The molecule has 124 valence electrons. The van der Waals surface area contributed by atoms with E-state index in [2.05, 4.69) is 20.4 Å². The highest BCUT2D eigenvalue weighted by Crippen LogP contribution is 2.30. The van der Waals surface area contributed by atoms with E-state index in [9.17, 15) is 18.0 Å². The van der Waals surface area contributed by atoms with Crippen LogP contribution >= 0.6 is 0 Å². The molecule has 0 spiro atoms. The van der Waals surface area contributed by atoms with Crippen LogP contribution in [0.15, 0.2) is 18.3 Å². The Morgan fingerprint density at radius 3 is 2.70 bits per heavy atom. The van der Waals surface area contributed by atoms with Gasteiger partial charge >= 0.3 is 6.18 Å². The number of rotatable bonds is 5. The first kappa shape index (κ1) is 16.9. The van der Waals surface area contributed by atoms with E-state index in [0.29, 0.717) is 11.6 Å². The molecule has 1 amide bonds. The monoisotopic (exact) mass is 327 g/mol. The topological polar surface area (TPSA) is 72.7 Å². The fraction of sp³-hybridized carbons (Fsp3) is 0.429. The Kier molecular flexibility index (Phi) is 4.97. The van der Waals surface area contributed by atoms with Crippen molar-refractivity contribution in [1.29, 1.82) is 0 Å². The lowest BCUT2D eigenvalue weighted by molar-refractivity contribution is -0.138. The van der Waals surface area contributed by atoms with Crippen LogP contribution in [0.5, 0.6) is 0 Å². The lowest BCUT2D eigenvalue weighted by Gasteiger charge is -2.12. The first-order chi connectivity index (χ1) is 10.8. The summed E-state index contributed by atoms with van der Waals surface area (Å²) in [6.45, 7) is 3.46. The Hall–Kier alpha value is -2.45. The van der Waals surface area contributed by atoms with Gasteiger partial charge in [0.15, 0.2) is 0 Å². The van der Waals surface area contributed by atoms with Crippen molar-refractivity contribution < 1.29 is 18.0 Å². The van der Waals surface area contributed by atoms with E-state index in [1.54, 1.807) is 13.8 Å². The Labute approximate surface area is 130 Å². The molecule has 0 aliphatic carbocycles. The minimum atomic E-state index is -4.46. The molecule has 0 aliphatic rings. The molecule has 0 aliphatic heterocycles. The van der Waals surface area contributed by atoms with Crippen LogP contribution in [0, 0.1) is 13.8 Å². The summed E-state index contributed by atoms with van der Waals surface area (Å²) in [7, 11) is 0. The van der Waals surface area contributed by atoms with Crippen LogP contribution in [0.2, 0.25) is 0 Å². The number of aryl methyl sites for hydroxylation is 2. The van der Waals surface area contributed by atoms with Crippen molar-refractivity contribution in [2.75, 3.05) is 6.54 Å². The zero-order valence-electron chi connectivity index (χ0n) is 12.7. The summed E-state index contributed by atoms with van der Waals surface area (Å²) in [5.74, 6) is 0.808. The van der Waals surface area contributed by atoms with Crippen LogP contribution in [-0.2, 0) is 23.9 Å². The molecule has 2 heterocycles. The van der Waals surface area contributed by atoms with E-state index in [-0.39, 0.29) is 31.1 Å². The number of carbonyl (C=O) groups excluding carboxylic acids is 1. The van der Waals surface area contributed by atoms with Crippen molar-refractivity contribution in [2.45, 2.75) is 33.0 Å². The number of nitrogens with one attached hydrogen (secondary N) is 1. The Morgan fingerprint density at radius 1 is 1.35 bits per heavy atom. The second kappa shape index (κ2) is 6.76. The third-order valence-electron chi connectivity index (χ3n) is 3.14. The van der Waals surface area contributed by atoms with E-state index in [0.717, 1.165) is 6.07 Å². The van der Waals surface area contributed by atoms with E-state index < -0.39 is 11.7 Å². The van der Waals surface area contributed by atoms with Gasteiger partial charge < -0.3 is 5.32 Å². The lowest BCUT2D eigenvalue weighted by atomic mass is 10.1. The number of nitrogens with zero attached hydrogens (tertiary/aromatic N) is 4. The summed E-state index contributed by atoms with van der Waals surface area (Å²) in [5.41, 5.74) is -0.870. The van der Waals surface area contributed by atoms with Gasteiger partial charge in [-0.15, -0.1) is 0 Å². The average molecular weight is 327 g/mol. The number of alkyl halides is 3. The van der Waals surface area contributed by atoms with Gasteiger partial charge in [0.2, 0.25) is 5.91 Å². The average Bonchev–Trinajstić information content (AvgIpc) is 2.76. The van der Waals surface area contributed by atoms with E-state index in [4.69, 9.17) is 0 Å². The summed E-state index contributed by atoms with van der Waals surface area (Å²) in [5, 5.41) is 6.61. The molecule has 2 aromatic rings. The van der Waals surface area contributed by atoms with Crippen LogP contribution < -0.4 is 5.32 Å². The van der Waals surface area contributed by atoms with Gasteiger partial charge in [-0.2, -0.15) is 18.3 Å². The first-order valence-corrected chi connectivity index (χ1v) is 6.93. The molecule has 2 aromatic heterocycles. The van der Waals surface area contributed by atoms with Gasteiger partial charge in [-0.3, -0.25) is 9.78 Å². The molecule has 0 fully saturated rings. The maximum Gasteiger partial charge on any atom is 0.418 e. The van der Waals surface area contributed by atoms with Crippen LogP contribution in [0.3, 0.4) is 0 Å². The standard InChI is InChI=1S/C14H16F3N5O/c1-9-20-10(2)22(21-9)8-13(23)19-7-5-12-11(14(15,16)17)4-3-6-18-12/h3-4,6H,5,7-8H2,1-2H3,(H,19,23). The molecule has 9 heteroatoms. The first-order valence-electron chi connectivity index (χ1n) is 6.93. The third-order valence-corrected chi connectivity index (χ3v) is 3.14. The molecule has 0 unspecified atom stereocenters. The van der Waals surface area contributed by atoms with Gasteiger partial charge in [0.25, 0.3) is 0 Å². The van der Waals surface area contributed by atoms with Gasteiger partial charge in [0.05, 0.1) is 11.3 Å². The Bertz CT molecular complexity index is 696. The molecule has 0 radical (unpaired) electrons. The van der Waals surface area contributed by atoms with Crippen LogP contribution in [-0.4, -0.2) is 32.2 Å². The second-order valence-electron chi connectivity index (χ2n) is 4.96. The SMILES string of the molecule is Cc1nc(C)n(CC(=O)NCCc2ncccc2C(F)(F)F)n1. The van der Waals surface area contributed by atoms with Crippen molar-refractivity contribution in [2.24, 2.45) is 0 Å². The molecule has 6 nitrogen and oxygen atoms in total. The molecule has 0 saturated carbocycles. The molecule has 1 N–H and O–H groups in total. The van der Waals surface area contributed by atoms with Crippen molar-refractivity contribution >= 4 is 5.91 Å². The van der Waals surface area contributed by atoms with E-state index in [1.807, 2.05) is 0 Å². The molecular weight excluding hydrogens is 311 g/mol. The van der Waals surface area contributed by atoms with Crippen molar-refractivity contribution in [3.8, 4) is 0 Å². The minimum absolute atomic E-state index is 0.00318. The Balaban J connectivity index is 1.90. The molecular formula is C14H16F3N5O. The minimum Gasteiger partial charge on any atom is -0.354 e. The largest absolute Gasteiger partial charge is 0.418 e. The fourth-order valence-electron chi connectivity index (χ4n) is 2.12. The fourth-order valence-corrected chi connectivity index (χ4v) is 2.12. The zero-order chi connectivity index (χ0) is 17.0. The van der Waals surface area contributed by atoms with Gasteiger partial charge in [0.1, 0.15) is 18.2 Å². The highest BCUT2D eigenvalue weighted by molar-refractivity contribution is 5.75. The summed E-state index contributed by atoms with van der Waals surface area (Å²) in [6, 6.07) is 2.21. The molecule has 23 heavy (non-hydrogen) atoms. The summed E-state index contributed by atoms with van der Waals surface area (Å²) in [6.07, 6.45) is -3.16. The maximum absolute atomic E-state index is 12.8. The van der Waals surface area contributed by atoms with Crippen molar-refractivity contribution in [3.05, 3.63) is 41.2 Å². The van der Waals surface area contributed by atoms with Crippen molar-refractivity contribution in [1.82, 2.24) is 25.1 Å². The van der Waals surface area contributed by atoms with Gasteiger partial charge in [-0.1, -0.05) is 0 Å². The second-order valence-corrected chi connectivity index (χ2v) is 4.96. The van der Waals surface area contributed by atoms with E-state index >= 15 is 0 Å². The highest BCUT2D eigenvalue weighted by Gasteiger charge is 2.33. The number of carbonyl (C=O) groups is 1. The normalized spacial score (nSPS) is 11.5. The molecule has 0 atom stereocenters. The molecule has 2 rings (SSSR count). The van der Waals surface area contributed by atoms with Crippen LogP contribution in [0.4, 0.5) is 13.2 Å². The van der Waals surface area contributed by atoms with Crippen LogP contribution in [0.1, 0.15) is 22.9 Å². The number of hydrogen-bond acceptors (Lipinski definition) is 4. The van der Waals surface area contributed by atoms with Crippen molar-refractivity contribution in [3.63, 3.8) is 0 Å². The molecule has 0 saturated heterocycles. The number of aromatic nitrogens is 4. The number of pyridine rings is 1. The lowest BCUT2D eigenvalue weighted by Crippen LogP contribution is -2.30. The van der Waals surface area contributed by atoms with Gasteiger partial charge in [-0.05, 0) is 26.0 Å². The number of halogens is 3. The predicted molar refractivity (Wildman–Crippen MR) is 75.4 cm³/mol. The predicted octanol–water partition coefficient (Wildman–Crippen LogP) is 1.67. The third kappa shape index (κ3) is 4.51. The van der Waals surface area contributed by atoms with Gasteiger partial charge in [0, 0.05) is 19.2 Å². The van der Waals surface area contributed by atoms with Crippen LogP contribution in [0.25, 0.3) is 0 Å². The van der Waals surface area contributed by atoms with Gasteiger partial charge in [-0.25, -0.2) is 9.67 Å². The number of amides is 1. The highest BCUT2D eigenvalue weighted by atomic mass is 19.4. The number of hydrogen-bond donors (Lipinski definition) is 1. The maximum atomic E-state index is 12.8. The summed E-state index contributed by atoms with van der Waals surface area (Å²) < 4.78 is 39.9. The zero-order valence-corrected chi connectivity index (χ0v) is 12.7. The van der Waals surface area contributed by atoms with E-state index in [1.165, 1.54) is 16.9 Å². The summed E-state index contributed by atoms with van der Waals surface area (Å²) >= 11 is 0. The molecule has 0 aromatic carbocycles.